The molecule has 2 aliphatic rings. The molecule has 1 N–H and O–H groups in total. The maximum atomic E-state index is 12.0. The van der Waals surface area contributed by atoms with E-state index in [0.717, 1.165) is 57.7 Å². The van der Waals surface area contributed by atoms with Crippen molar-refractivity contribution in [1.82, 2.24) is 15.1 Å². The molecule has 0 bridgehead atoms. The van der Waals surface area contributed by atoms with E-state index in [-0.39, 0.29) is 41.8 Å². The number of piperidine rings is 1. The van der Waals surface area contributed by atoms with Gasteiger partial charge < -0.3 is 19.9 Å². The smallest absolute Gasteiger partial charge is 0.310 e. The van der Waals surface area contributed by atoms with Gasteiger partial charge in [-0.25, -0.2) is 0 Å². The van der Waals surface area contributed by atoms with E-state index in [1.54, 1.807) is 7.05 Å². The fourth-order valence-electron chi connectivity index (χ4n) is 3.94. The fourth-order valence-corrected chi connectivity index (χ4v) is 3.94. The van der Waals surface area contributed by atoms with Gasteiger partial charge in [0.2, 0.25) is 5.91 Å². The first kappa shape index (κ1) is 24.0. The summed E-state index contributed by atoms with van der Waals surface area (Å²) in [6.07, 6.45) is 5.39. The number of nitrogens with zero attached hydrogens (tertiary/aromatic N) is 3. The molecule has 2 atom stereocenters. The van der Waals surface area contributed by atoms with Crippen molar-refractivity contribution in [2.75, 3.05) is 39.8 Å². The van der Waals surface area contributed by atoms with Crippen molar-refractivity contribution >= 4 is 41.8 Å². The molecule has 8 heteroatoms. The SMILES string of the molecule is CCOC(=O)C1CCCN(C(=NC)NCCC(CC)N2CCCC2=O)C1.I. The van der Waals surface area contributed by atoms with Gasteiger partial charge in [0, 0.05) is 45.7 Å². The Morgan fingerprint density at radius 3 is 2.70 bits per heavy atom. The lowest BCUT2D eigenvalue weighted by molar-refractivity contribution is -0.149. The molecule has 0 aromatic rings. The molecule has 0 saturated carbocycles. The Morgan fingerprint density at radius 2 is 2.11 bits per heavy atom. The van der Waals surface area contributed by atoms with Crippen LogP contribution in [0.1, 0.15) is 52.4 Å². The van der Waals surface area contributed by atoms with Crippen LogP contribution < -0.4 is 5.32 Å². The van der Waals surface area contributed by atoms with Gasteiger partial charge in [-0.1, -0.05) is 6.92 Å². The van der Waals surface area contributed by atoms with Crippen molar-refractivity contribution in [3.8, 4) is 0 Å². The number of rotatable bonds is 7. The van der Waals surface area contributed by atoms with Crippen LogP contribution in [0.3, 0.4) is 0 Å². The van der Waals surface area contributed by atoms with Crippen molar-refractivity contribution in [3.05, 3.63) is 0 Å². The van der Waals surface area contributed by atoms with Gasteiger partial charge in [0.05, 0.1) is 12.5 Å². The van der Waals surface area contributed by atoms with Crippen molar-refractivity contribution in [2.45, 2.75) is 58.4 Å². The fraction of sp³-hybridized carbons (Fsp3) is 0.842. The molecule has 0 aromatic carbocycles. The molecular weight excluding hydrogens is 459 g/mol. The summed E-state index contributed by atoms with van der Waals surface area (Å²) in [6.45, 7) is 7.62. The van der Waals surface area contributed by atoms with Crippen LogP contribution in [0.25, 0.3) is 0 Å². The van der Waals surface area contributed by atoms with Crippen molar-refractivity contribution < 1.29 is 14.3 Å². The third kappa shape index (κ3) is 6.80. The van der Waals surface area contributed by atoms with Crippen LogP contribution in [0.2, 0.25) is 0 Å². The maximum Gasteiger partial charge on any atom is 0.310 e. The highest BCUT2D eigenvalue weighted by atomic mass is 127. The predicted molar refractivity (Wildman–Crippen MR) is 117 cm³/mol. The van der Waals surface area contributed by atoms with Crippen LogP contribution in [-0.2, 0) is 14.3 Å². The van der Waals surface area contributed by atoms with Gasteiger partial charge in [-0.05, 0) is 39.0 Å². The van der Waals surface area contributed by atoms with E-state index in [4.69, 9.17) is 4.74 Å². The lowest BCUT2D eigenvalue weighted by atomic mass is 9.98. The van der Waals surface area contributed by atoms with E-state index in [1.807, 2.05) is 11.8 Å². The van der Waals surface area contributed by atoms with Gasteiger partial charge in [-0.2, -0.15) is 0 Å². The van der Waals surface area contributed by atoms with Gasteiger partial charge in [-0.3, -0.25) is 14.6 Å². The molecule has 1 amide bonds. The Morgan fingerprint density at radius 1 is 1.33 bits per heavy atom. The zero-order valence-corrected chi connectivity index (χ0v) is 19.2. The summed E-state index contributed by atoms with van der Waals surface area (Å²) in [4.78, 5) is 32.5. The Balaban J connectivity index is 0.00000364. The zero-order chi connectivity index (χ0) is 18.9. The quantitative estimate of drug-likeness (QED) is 0.255. The Labute approximate surface area is 180 Å². The number of esters is 1. The summed E-state index contributed by atoms with van der Waals surface area (Å²) in [5.41, 5.74) is 0. The molecule has 2 unspecified atom stereocenters. The Hall–Kier alpha value is -1.06. The number of likely N-dealkylation sites (tertiary alicyclic amines) is 2. The molecule has 2 heterocycles. The molecule has 2 fully saturated rings. The third-order valence-electron chi connectivity index (χ3n) is 5.34. The van der Waals surface area contributed by atoms with E-state index in [2.05, 4.69) is 22.1 Å². The van der Waals surface area contributed by atoms with E-state index < -0.39 is 0 Å². The molecule has 7 nitrogen and oxygen atoms in total. The van der Waals surface area contributed by atoms with Gasteiger partial charge in [0.25, 0.3) is 0 Å². The molecule has 0 aliphatic carbocycles. The standard InChI is InChI=1S/C19H34N4O3.HI/c1-4-16(23-13-7-9-17(23)24)10-11-21-19(20-3)22-12-6-8-15(14-22)18(25)26-5-2;/h15-16H,4-14H2,1-3H3,(H,20,21);1H. The van der Waals surface area contributed by atoms with Crippen LogP contribution >= 0.6 is 24.0 Å². The number of carbonyl (C=O) groups is 2. The molecule has 156 valence electrons. The maximum absolute atomic E-state index is 12.0. The van der Waals surface area contributed by atoms with E-state index in [0.29, 0.717) is 25.6 Å². The summed E-state index contributed by atoms with van der Waals surface area (Å²) in [5, 5.41) is 3.42. The first-order valence-corrected chi connectivity index (χ1v) is 10.0. The zero-order valence-electron chi connectivity index (χ0n) is 16.9. The molecule has 0 spiro atoms. The number of hydrogen-bond donors (Lipinski definition) is 1. The topological polar surface area (TPSA) is 74.2 Å². The van der Waals surface area contributed by atoms with Gasteiger partial charge in [-0.15, -0.1) is 24.0 Å². The first-order chi connectivity index (χ1) is 12.6. The molecule has 0 aromatic heterocycles. The highest BCUT2D eigenvalue weighted by molar-refractivity contribution is 14.0. The highest BCUT2D eigenvalue weighted by Gasteiger charge is 2.29. The van der Waals surface area contributed by atoms with Crippen molar-refractivity contribution in [2.24, 2.45) is 10.9 Å². The van der Waals surface area contributed by atoms with Gasteiger partial charge in [0.15, 0.2) is 5.96 Å². The highest BCUT2D eigenvalue weighted by Crippen LogP contribution is 2.19. The number of hydrogen-bond acceptors (Lipinski definition) is 4. The monoisotopic (exact) mass is 494 g/mol. The van der Waals surface area contributed by atoms with Gasteiger partial charge in [0.1, 0.15) is 0 Å². The van der Waals surface area contributed by atoms with E-state index in [1.165, 1.54) is 0 Å². The number of halogens is 1. The van der Waals surface area contributed by atoms with Crippen molar-refractivity contribution in [3.63, 3.8) is 0 Å². The number of nitrogens with one attached hydrogen (secondary N) is 1. The van der Waals surface area contributed by atoms with Crippen LogP contribution in [0.15, 0.2) is 4.99 Å². The lowest BCUT2D eigenvalue weighted by Crippen LogP contribution is -2.49. The minimum Gasteiger partial charge on any atom is -0.466 e. The Bertz CT molecular complexity index is 515. The third-order valence-corrected chi connectivity index (χ3v) is 5.34. The molecule has 2 aliphatic heterocycles. The molecule has 2 saturated heterocycles. The van der Waals surface area contributed by atoms with Gasteiger partial charge >= 0.3 is 5.97 Å². The second kappa shape index (κ2) is 12.4. The summed E-state index contributed by atoms with van der Waals surface area (Å²) in [6, 6.07) is 0.296. The predicted octanol–water partition coefficient (Wildman–Crippen LogP) is 2.25. The molecule has 27 heavy (non-hydrogen) atoms. The second-order valence-electron chi connectivity index (χ2n) is 7.05. The van der Waals surface area contributed by atoms with E-state index >= 15 is 0 Å². The van der Waals surface area contributed by atoms with Crippen LogP contribution in [-0.4, -0.2) is 73.5 Å². The van der Waals surface area contributed by atoms with Crippen LogP contribution in [0.5, 0.6) is 0 Å². The number of ether oxygens (including phenoxy) is 1. The first-order valence-electron chi connectivity index (χ1n) is 10.0. The minimum atomic E-state index is -0.105. The molecule has 0 radical (unpaired) electrons. The number of aliphatic imine (C=N–C) groups is 1. The summed E-state index contributed by atoms with van der Waals surface area (Å²) >= 11 is 0. The van der Waals surface area contributed by atoms with E-state index in [9.17, 15) is 9.59 Å². The lowest BCUT2D eigenvalue weighted by Gasteiger charge is -2.34. The second-order valence-corrected chi connectivity index (χ2v) is 7.05. The van der Waals surface area contributed by atoms with Crippen molar-refractivity contribution in [1.29, 1.82) is 0 Å². The number of carbonyl (C=O) groups excluding carboxylic acids is 2. The summed E-state index contributed by atoms with van der Waals surface area (Å²) in [7, 11) is 1.78. The normalized spacial score (nSPS) is 21.7. The molecular formula is C19H35IN4O3. The number of guanidine groups is 1. The molecule has 2 rings (SSSR count). The van der Waals surface area contributed by atoms with Crippen LogP contribution in [0, 0.1) is 5.92 Å². The largest absolute Gasteiger partial charge is 0.466 e. The summed E-state index contributed by atoms with van der Waals surface area (Å²) in [5.74, 6) is 0.940. The minimum absolute atomic E-state index is 0. The van der Waals surface area contributed by atoms with Crippen LogP contribution in [0.4, 0.5) is 0 Å². The number of amides is 1. The average Bonchev–Trinajstić information content (AvgIpc) is 3.08. The summed E-state index contributed by atoms with van der Waals surface area (Å²) < 4.78 is 5.17. The average molecular weight is 494 g/mol. The Kier molecular flexibility index (Phi) is 11.0.